The summed E-state index contributed by atoms with van der Waals surface area (Å²) in [7, 11) is 0. The number of fused-ring (bicyclic) bond motifs is 7. The molecule has 0 spiro atoms. The topological polar surface area (TPSA) is 113 Å². The summed E-state index contributed by atoms with van der Waals surface area (Å²) in [5, 5.41) is 14.1. The van der Waals surface area contributed by atoms with E-state index in [0.29, 0.717) is 30.0 Å². The fourth-order valence-corrected chi connectivity index (χ4v) is 9.81. The lowest BCUT2D eigenvalue weighted by Gasteiger charge is -2.40. The van der Waals surface area contributed by atoms with Crippen LogP contribution in [0.15, 0.2) is 12.1 Å². The molecule has 9 nitrogen and oxygen atoms in total. The zero-order chi connectivity index (χ0) is 31.5. The molecule has 3 unspecified atom stereocenters. The molecule has 238 valence electrons. The average Bonchev–Trinajstić information content (AvgIpc) is 3.75. The van der Waals surface area contributed by atoms with E-state index in [1.54, 1.807) is 0 Å². The normalized spacial score (nSPS) is 28.3. The molecular formula is C32H29ClF3N7O2S. The summed E-state index contributed by atoms with van der Waals surface area (Å²) < 4.78 is 60.7. The van der Waals surface area contributed by atoms with Crippen molar-refractivity contribution in [1.82, 2.24) is 20.2 Å². The van der Waals surface area contributed by atoms with Crippen molar-refractivity contribution in [2.45, 2.75) is 61.9 Å². The number of benzene rings is 2. The number of nitrogens with zero attached hydrogens (tertiary/aromatic N) is 5. The Morgan fingerprint density at radius 3 is 2.93 bits per heavy atom. The Morgan fingerprint density at radius 2 is 2.09 bits per heavy atom. The van der Waals surface area contributed by atoms with Crippen LogP contribution < -0.4 is 25.4 Å². The fraction of sp³-hybridized carbons (Fsp3) is 0.469. The van der Waals surface area contributed by atoms with Crippen LogP contribution in [-0.4, -0.2) is 77.6 Å². The minimum Gasteiger partial charge on any atom is -0.489 e. The van der Waals surface area contributed by atoms with Crippen molar-refractivity contribution in [2.24, 2.45) is 0 Å². The third kappa shape index (κ3) is 4.00. The van der Waals surface area contributed by atoms with Gasteiger partial charge in [-0.3, -0.25) is 4.90 Å². The summed E-state index contributed by atoms with van der Waals surface area (Å²) in [6.45, 7) is 2.17. The minimum atomic E-state index is -0.938. The van der Waals surface area contributed by atoms with Crippen molar-refractivity contribution < 1.29 is 22.6 Å². The van der Waals surface area contributed by atoms with Crippen LogP contribution in [0.4, 0.5) is 24.0 Å². The molecule has 4 saturated heterocycles. The van der Waals surface area contributed by atoms with E-state index in [1.807, 2.05) is 6.07 Å². The fourth-order valence-electron chi connectivity index (χ4n) is 8.56. The Morgan fingerprint density at radius 1 is 1.22 bits per heavy atom. The van der Waals surface area contributed by atoms with Crippen LogP contribution in [0.5, 0.6) is 11.8 Å². The largest absolute Gasteiger partial charge is 0.489 e. The predicted octanol–water partition coefficient (Wildman–Crippen LogP) is 5.55. The van der Waals surface area contributed by atoms with Crippen molar-refractivity contribution >= 4 is 54.7 Å². The molecule has 14 heteroatoms. The number of anilines is 2. The predicted molar refractivity (Wildman–Crippen MR) is 170 cm³/mol. The van der Waals surface area contributed by atoms with Crippen molar-refractivity contribution in [2.75, 3.05) is 43.5 Å². The molecule has 4 fully saturated rings. The maximum atomic E-state index is 17.1. The quantitative estimate of drug-likeness (QED) is 0.289. The van der Waals surface area contributed by atoms with Gasteiger partial charge in [-0.2, -0.15) is 15.2 Å². The zero-order valence-electron chi connectivity index (χ0n) is 24.6. The van der Waals surface area contributed by atoms with Crippen LogP contribution in [0.25, 0.3) is 32.1 Å². The van der Waals surface area contributed by atoms with Gasteiger partial charge in [-0.05, 0) is 44.4 Å². The van der Waals surface area contributed by atoms with Gasteiger partial charge in [-0.25, -0.2) is 13.2 Å². The summed E-state index contributed by atoms with van der Waals surface area (Å²) in [4.78, 5) is 13.7. The van der Waals surface area contributed by atoms with Crippen LogP contribution >= 0.6 is 22.9 Å². The number of alkyl halides is 1. The second kappa shape index (κ2) is 10.2. The van der Waals surface area contributed by atoms with Crippen LogP contribution in [-0.2, 0) is 0 Å². The summed E-state index contributed by atoms with van der Waals surface area (Å²) in [5.74, 6) is -1.07. The number of hydrogen-bond acceptors (Lipinski definition) is 10. The number of hydrogen-bond donors (Lipinski definition) is 2. The lowest BCUT2D eigenvalue weighted by molar-refractivity contribution is 0.107. The molecule has 0 saturated carbocycles. The van der Waals surface area contributed by atoms with E-state index in [2.05, 4.69) is 20.1 Å². The Labute approximate surface area is 271 Å². The molecule has 5 aliphatic heterocycles. The van der Waals surface area contributed by atoms with Crippen LogP contribution in [0.3, 0.4) is 0 Å². The summed E-state index contributed by atoms with van der Waals surface area (Å²) in [6.07, 6.45) is 3.09. The van der Waals surface area contributed by atoms with E-state index in [0.717, 1.165) is 43.6 Å². The Bertz CT molecular complexity index is 2000. The first-order valence-corrected chi connectivity index (χ1v) is 16.8. The number of nitrogens with one attached hydrogen (secondary N) is 1. The maximum absolute atomic E-state index is 17.1. The molecule has 4 aromatic rings. The van der Waals surface area contributed by atoms with E-state index < -0.39 is 23.3 Å². The monoisotopic (exact) mass is 667 g/mol. The molecule has 3 N–H and O–H groups in total. The highest BCUT2D eigenvalue weighted by Gasteiger charge is 2.50. The molecule has 2 aromatic carbocycles. The third-order valence-corrected chi connectivity index (χ3v) is 11.9. The van der Waals surface area contributed by atoms with E-state index in [9.17, 15) is 9.65 Å². The summed E-state index contributed by atoms with van der Waals surface area (Å²) in [5.41, 5.74) is 5.12. The number of nitrogen functional groups attached to an aromatic ring is 1. The number of rotatable bonds is 4. The van der Waals surface area contributed by atoms with Gasteiger partial charge in [0.2, 0.25) is 0 Å². The van der Waals surface area contributed by atoms with Gasteiger partial charge >= 0.3 is 6.01 Å². The molecule has 0 amide bonds. The molecule has 9 rings (SSSR count). The van der Waals surface area contributed by atoms with E-state index in [1.165, 1.54) is 12.1 Å². The number of ether oxygens (including phenoxy) is 2. The molecule has 2 aromatic heterocycles. The van der Waals surface area contributed by atoms with Crippen LogP contribution in [0.2, 0.25) is 5.02 Å². The lowest BCUT2D eigenvalue weighted by Crippen LogP contribution is -2.60. The number of nitriles is 1. The summed E-state index contributed by atoms with van der Waals surface area (Å²) >= 11 is 8.13. The molecule has 0 radical (unpaired) electrons. The highest BCUT2D eigenvalue weighted by Crippen LogP contribution is 2.52. The van der Waals surface area contributed by atoms with E-state index in [4.69, 9.17) is 31.8 Å². The summed E-state index contributed by atoms with van der Waals surface area (Å²) in [6, 6.07) is 4.93. The van der Waals surface area contributed by atoms with Gasteiger partial charge in [0, 0.05) is 52.8 Å². The smallest absolute Gasteiger partial charge is 0.319 e. The van der Waals surface area contributed by atoms with Crippen molar-refractivity contribution in [3.8, 4) is 29.0 Å². The first kappa shape index (κ1) is 28.6. The minimum absolute atomic E-state index is 0.0478. The standard InChI is InChI=1S/C32H29ClF3N7O2S/c33-25-23(22-17(35)3-5-20-21(22)16(9-37)29(38)46-20)26(36)27-24-28(25)44-12-19-18-4-2-15(39-18)11-43(19)30(24)41-31(40-27)45-13-32-6-1-7-42(32)10-14(34)8-32/h3,5,14-15,18-19,39H,1-2,4,6-8,10-13,38H2/t14-,15?,18?,19?,32+/m1/s1. The molecule has 0 aliphatic carbocycles. The second-order valence-electron chi connectivity index (χ2n) is 13.1. The second-order valence-corrected chi connectivity index (χ2v) is 14.5. The zero-order valence-corrected chi connectivity index (χ0v) is 26.2. The van der Waals surface area contributed by atoms with Crippen molar-refractivity contribution in [3.05, 3.63) is 34.4 Å². The molecule has 5 aliphatic rings. The van der Waals surface area contributed by atoms with Gasteiger partial charge in [0.1, 0.15) is 47.6 Å². The van der Waals surface area contributed by atoms with Gasteiger partial charge < -0.3 is 25.4 Å². The van der Waals surface area contributed by atoms with E-state index in [-0.39, 0.29) is 86.1 Å². The number of halogens is 4. The number of nitrogens with two attached hydrogens (primary N) is 1. The van der Waals surface area contributed by atoms with Gasteiger partial charge in [-0.15, -0.1) is 11.3 Å². The highest BCUT2D eigenvalue weighted by atomic mass is 35.5. The Hall–Kier alpha value is -3.57. The Balaban J connectivity index is 1.27. The van der Waals surface area contributed by atoms with Crippen molar-refractivity contribution in [1.29, 1.82) is 5.26 Å². The van der Waals surface area contributed by atoms with Crippen LogP contribution in [0.1, 0.15) is 37.7 Å². The molecule has 46 heavy (non-hydrogen) atoms. The van der Waals surface area contributed by atoms with Gasteiger partial charge in [0.05, 0.1) is 27.6 Å². The van der Waals surface area contributed by atoms with E-state index >= 15 is 8.78 Å². The third-order valence-electron chi connectivity index (χ3n) is 10.6. The number of piperazine rings is 1. The number of aromatic nitrogens is 2. The molecule has 7 heterocycles. The number of thiophene rings is 1. The lowest BCUT2D eigenvalue weighted by atomic mass is 9.95. The van der Waals surface area contributed by atoms with Gasteiger partial charge in [0.15, 0.2) is 11.6 Å². The first-order valence-electron chi connectivity index (χ1n) is 15.6. The van der Waals surface area contributed by atoms with Gasteiger partial charge in [-0.1, -0.05) is 11.6 Å². The average molecular weight is 668 g/mol. The first-order chi connectivity index (χ1) is 22.3. The van der Waals surface area contributed by atoms with Gasteiger partial charge in [0.25, 0.3) is 0 Å². The molecule has 5 atom stereocenters. The maximum Gasteiger partial charge on any atom is 0.319 e. The molecular weight excluding hydrogens is 639 g/mol. The molecule has 2 bridgehead atoms. The Kier molecular flexibility index (Phi) is 6.36. The van der Waals surface area contributed by atoms with Crippen LogP contribution in [0, 0.1) is 23.0 Å². The highest BCUT2D eigenvalue weighted by molar-refractivity contribution is 7.23. The SMILES string of the molecule is N#Cc1c(N)sc2ccc(F)c(-c3c(Cl)c4c5c(nc(OC[C@@]67CCCN6C[C@H](F)C7)nc5c3F)N3CC5CCC(N5)C3CO4)c12. The van der Waals surface area contributed by atoms with Crippen molar-refractivity contribution in [3.63, 3.8) is 0 Å².